The first-order valence-electron chi connectivity index (χ1n) is 6.43. The van der Waals surface area contributed by atoms with Gasteiger partial charge < -0.3 is 4.74 Å². The SMILES string of the molecule is CCn1nncc1C(=O)C1COc2ccccc2C1. The van der Waals surface area contributed by atoms with Gasteiger partial charge in [-0.25, -0.2) is 4.68 Å². The molecular formula is C14H15N3O2. The molecule has 0 amide bonds. The Morgan fingerprint density at radius 2 is 2.32 bits per heavy atom. The first kappa shape index (κ1) is 11.9. The minimum absolute atomic E-state index is 0.0568. The Morgan fingerprint density at radius 3 is 3.16 bits per heavy atom. The van der Waals surface area contributed by atoms with Gasteiger partial charge >= 0.3 is 0 Å². The quantitative estimate of drug-likeness (QED) is 0.786. The van der Waals surface area contributed by atoms with Crippen molar-refractivity contribution in [1.82, 2.24) is 15.0 Å². The third-order valence-corrected chi connectivity index (χ3v) is 3.42. The van der Waals surface area contributed by atoms with E-state index in [2.05, 4.69) is 10.3 Å². The maximum Gasteiger partial charge on any atom is 0.189 e. The van der Waals surface area contributed by atoms with Gasteiger partial charge in [-0.1, -0.05) is 23.4 Å². The molecule has 19 heavy (non-hydrogen) atoms. The first-order valence-corrected chi connectivity index (χ1v) is 6.43. The maximum atomic E-state index is 12.5. The van der Waals surface area contributed by atoms with Crippen molar-refractivity contribution in [2.45, 2.75) is 19.9 Å². The predicted molar refractivity (Wildman–Crippen MR) is 69.2 cm³/mol. The Kier molecular flexibility index (Phi) is 3.03. The number of carbonyl (C=O) groups is 1. The molecule has 2 aromatic rings. The molecule has 0 radical (unpaired) electrons. The third-order valence-electron chi connectivity index (χ3n) is 3.42. The zero-order chi connectivity index (χ0) is 13.2. The summed E-state index contributed by atoms with van der Waals surface area (Å²) in [6.07, 6.45) is 2.25. The van der Waals surface area contributed by atoms with Crippen LogP contribution in [-0.4, -0.2) is 27.4 Å². The predicted octanol–water partition coefficient (Wildman–Crippen LogP) is 1.73. The summed E-state index contributed by atoms with van der Waals surface area (Å²) < 4.78 is 7.29. The highest BCUT2D eigenvalue weighted by molar-refractivity contribution is 5.96. The molecule has 1 atom stereocenters. The summed E-state index contributed by atoms with van der Waals surface area (Å²) in [5.74, 6) is 0.786. The van der Waals surface area contributed by atoms with E-state index in [-0.39, 0.29) is 11.7 Å². The number of fused-ring (bicyclic) bond motifs is 1. The van der Waals surface area contributed by atoms with Gasteiger partial charge in [-0.15, -0.1) is 5.10 Å². The van der Waals surface area contributed by atoms with Crippen molar-refractivity contribution in [3.8, 4) is 5.75 Å². The summed E-state index contributed by atoms with van der Waals surface area (Å²) in [6.45, 7) is 3.01. The topological polar surface area (TPSA) is 57.0 Å². The number of carbonyl (C=O) groups excluding carboxylic acids is 1. The lowest BCUT2D eigenvalue weighted by Crippen LogP contribution is -2.29. The van der Waals surface area contributed by atoms with Crippen LogP contribution in [0, 0.1) is 5.92 Å². The molecule has 0 N–H and O–H groups in total. The van der Waals surface area contributed by atoms with Crippen LogP contribution in [0.3, 0.4) is 0 Å². The number of benzene rings is 1. The van der Waals surface area contributed by atoms with Crippen molar-refractivity contribution in [3.63, 3.8) is 0 Å². The van der Waals surface area contributed by atoms with Gasteiger partial charge in [0.15, 0.2) is 5.78 Å². The van der Waals surface area contributed by atoms with Gasteiger partial charge in [0.05, 0.1) is 18.7 Å². The van der Waals surface area contributed by atoms with Crippen LogP contribution in [0.25, 0.3) is 0 Å². The van der Waals surface area contributed by atoms with Gasteiger partial charge in [0.2, 0.25) is 0 Å². The fraction of sp³-hybridized carbons (Fsp3) is 0.357. The van der Waals surface area contributed by atoms with Gasteiger partial charge in [0, 0.05) is 6.54 Å². The molecule has 0 spiro atoms. The van der Waals surface area contributed by atoms with Crippen molar-refractivity contribution >= 4 is 5.78 Å². The Morgan fingerprint density at radius 1 is 1.47 bits per heavy atom. The minimum atomic E-state index is -0.154. The highest BCUT2D eigenvalue weighted by Crippen LogP contribution is 2.28. The molecule has 1 aromatic carbocycles. The molecule has 5 nitrogen and oxygen atoms in total. The molecule has 1 aliphatic rings. The Hall–Kier alpha value is -2.17. The summed E-state index contributed by atoms with van der Waals surface area (Å²) in [7, 11) is 0. The number of hydrogen-bond donors (Lipinski definition) is 0. The largest absolute Gasteiger partial charge is 0.493 e. The Labute approximate surface area is 111 Å². The monoisotopic (exact) mass is 257 g/mol. The van der Waals surface area contributed by atoms with Gasteiger partial charge in [0.25, 0.3) is 0 Å². The molecule has 1 unspecified atom stereocenters. The fourth-order valence-corrected chi connectivity index (χ4v) is 2.39. The van der Waals surface area contributed by atoms with E-state index >= 15 is 0 Å². The molecule has 5 heteroatoms. The summed E-state index contributed by atoms with van der Waals surface area (Å²) in [5.41, 5.74) is 1.65. The number of hydrogen-bond acceptors (Lipinski definition) is 4. The van der Waals surface area contributed by atoms with Crippen molar-refractivity contribution in [2.75, 3.05) is 6.61 Å². The average Bonchev–Trinajstić information content (AvgIpc) is 2.94. The standard InChI is InChI=1S/C14H15N3O2/c1-2-17-12(8-15-16-17)14(18)11-7-10-5-3-4-6-13(10)19-9-11/h3-6,8,11H,2,7,9H2,1H3. The first-order chi connectivity index (χ1) is 9.29. The molecule has 0 fully saturated rings. The van der Waals surface area contributed by atoms with Crippen LogP contribution >= 0.6 is 0 Å². The van der Waals surface area contributed by atoms with E-state index in [0.29, 0.717) is 25.3 Å². The lowest BCUT2D eigenvalue weighted by molar-refractivity contribution is 0.0844. The highest BCUT2D eigenvalue weighted by Gasteiger charge is 2.28. The number of aryl methyl sites for hydroxylation is 1. The van der Waals surface area contributed by atoms with Gasteiger partial charge in [-0.05, 0) is 25.0 Å². The molecule has 0 bridgehead atoms. The van der Waals surface area contributed by atoms with E-state index in [1.54, 1.807) is 4.68 Å². The minimum Gasteiger partial charge on any atom is -0.493 e. The van der Waals surface area contributed by atoms with Crippen LogP contribution in [-0.2, 0) is 13.0 Å². The van der Waals surface area contributed by atoms with Crippen LogP contribution in [0.2, 0.25) is 0 Å². The van der Waals surface area contributed by atoms with Crippen LogP contribution in [0.5, 0.6) is 5.75 Å². The molecule has 0 saturated carbocycles. The number of ether oxygens (including phenoxy) is 1. The smallest absolute Gasteiger partial charge is 0.189 e. The van der Waals surface area contributed by atoms with E-state index in [9.17, 15) is 4.79 Å². The second kappa shape index (κ2) is 4.84. The van der Waals surface area contributed by atoms with Gasteiger partial charge in [-0.3, -0.25) is 4.79 Å². The molecule has 1 aromatic heterocycles. The van der Waals surface area contributed by atoms with Crippen molar-refractivity contribution in [2.24, 2.45) is 5.92 Å². The second-order valence-electron chi connectivity index (χ2n) is 4.62. The van der Waals surface area contributed by atoms with E-state index in [1.165, 1.54) is 6.20 Å². The summed E-state index contributed by atoms with van der Waals surface area (Å²) in [6, 6.07) is 7.85. The normalized spacial score (nSPS) is 17.6. The number of nitrogens with zero attached hydrogens (tertiary/aromatic N) is 3. The number of para-hydroxylation sites is 1. The molecule has 2 heterocycles. The second-order valence-corrected chi connectivity index (χ2v) is 4.62. The Bertz CT molecular complexity index is 606. The number of Topliss-reactive ketones (excluding diaryl/α,β-unsaturated/α-hetero) is 1. The molecular weight excluding hydrogens is 242 g/mol. The van der Waals surface area contributed by atoms with Gasteiger partial charge in [0.1, 0.15) is 11.4 Å². The summed E-state index contributed by atoms with van der Waals surface area (Å²) >= 11 is 0. The molecule has 3 rings (SSSR count). The number of rotatable bonds is 3. The van der Waals surface area contributed by atoms with Crippen molar-refractivity contribution in [3.05, 3.63) is 41.7 Å². The lowest BCUT2D eigenvalue weighted by atomic mass is 9.92. The molecule has 98 valence electrons. The van der Waals surface area contributed by atoms with E-state index < -0.39 is 0 Å². The fourth-order valence-electron chi connectivity index (χ4n) is 2.39. The lowest BCUT2D eigenvalue weighted by Gasteiger charge is -2.24. The van der Waals surface area contributed by atoms with Crippen LogP contribution < -0.4 is 4.74 Å². The summed E-state index contributed by atoms with van der Waals surface area (Å²) in [5, 5.41) is 7.70. The zero-order valence-corrected chi connectivity index (χ0v) is 10.7. The van der Waals surface area contributed by atoms with Crippen LogP contribution in [0.1, 0.15) is 23.0 Å². The van der Waals surface area contributed by atoms with E-state index in [0.717, 1.165) is 11.3 Å². The molecule has 0 saturated heterocycles. The third kappa shape index (κ3) is 2.12. The molecule has 1 aliphatic heterocycles. The number of aromatic nitrogens is 3. The average molecular weight is 257 g/mol. The van der Waals surface area contributed by atoms with E-state index in [4.69, 9.17) is 4.74 Å². The van der Waals surface area contributed by atoms with Crippen molar-refractivity contribution in [1.29, 1.82) is 0 Å². The zero-order valence-electron chi connectivity index (χ0n) is 10.7. The van der Waals surface area contributed by atoms with Gasteiger partial charge in [-0.2, -0.15) is 0 Å². The van der Waals surface area contributed by atoms with Crippen LogP contribution in [0.15, 0.2) is 30.5 Å². The van der Waals surface area contributed by atoms with Crippen molar-refractivity contribution < 1.29 is 9.53 Å². The highest BCUT2D eigenvalue weighted by atomic mass is 16.5. The van der Waals surface area contributed by atoms with E-state index in [1.807, 2.05) is 31.2 Å². The Balaban J connectivity index is 1.83. The number of ketones is 1. The van der Waals surface area contributed by atoms with Crippen LogP contribution in [0.4, 0.5) is 0 Å². The maximum absolute atomic E-state index is 12.5. The molecule has 0 aliphatic carbocycles. The summed E-state index contributed by atoms with van der Waals surface area (Å²) in [4.78, 5) is 12.5.